The number of aromatic nitrogens is 1. The summed E-state index contributed by atoms with van der Waals surface area (Å²) in [5, 5.41) is 15.0. The second kappa shape index (κ2) is 5.49. The van der Waals surface area contributed by atoms with E-state index in [1.165, 1.54) is 6.07 Å². The number of para-hydroxylation sites is 1. The summed E-state index contributed by atoms with van der Waals surface area (Å²) >= 11 is 1.58. The van der Waals surface area contributed by atoms with Crippen LogP contribution in [0.2, 0.25) is 0 Å². The van der Waals surface area contributed by atoms with Crippen molar-refractivity contribution in [3.8, 4) is 0 Å². The highest BCUT2D eigenvalue weighted by Crippen LogP contribution is 2.27. The third kappa shape index (κ3) is 2.71. The van der Waals surface area contributed by atoms with Gasteiger partial charge in [0, 0.05) is 18.2 Å². The van der Waals surface area contributed by atoms with E-state index in [0.29, 0.717) is 12.1 Å². The Labute approximate surface area is 125 Å². The molecule has 0 atom stereocenters. The number of anilines is 1. The number of benzene rings is 2. The van der Waals surface area contributed by atoms with Crippen LogP contribution in [-0.2, 0) is 6.54 Å². The van der Waals surface area contributed by atoms with E-state index in [0.717, 1.165) is 20.9 Å². The highest BCUT2D eigenvalue weighted by Gasteiger charge is 2.13. The molecule has 0 aliphatic heterocycles. The minimum Gasteiger partial charge on any atom is -0.357 e. The molecule has 1 heterocycles. The zero-order valence-electron chi connectivity index (χ0n) is 11.4. The maximum absolute atomic E-state index is 10.9. The molecule has 3 rings (SSSR count). The van der Waals surface area contributed by atoms with Crippen molar-refractivity contribution in [3.05, 3.63) is 63.7 Å². The lowest BCUT2D eigenvalue weighted by atomic mass is 10.1. The van der Waals surface area contributed by atoms with Crippen molar-refractivity contribution < 1.29 is 4.92 Å². The Morgan fingerprint density at radius 2 is 2.05 bits per heavy atom. The topological polar surface area (TPSA) is 68.1 Å². The van der Waals surface area contributed by atoms with E-state index in [2.05, 4.69) is 10.3 Å². The number of nitro groups is 1. The van der Waals surface area contributed by atoms with E-state index >= 15 is 0 Å². The molecule has 106 valence electrons. The summed E-state index contributed by atoms with van der Waals surface area (Å²) in [6.45, 7) is 2.29. The average Bonchev–Trinajstić information content (AvgIpc) is 2.88. The monoisotopic (exact) mass is 299 g/mol. The molecule has 1 N–H and O–H groups in total. The molecule has 0 unspecified atom stereocenters. The van der Waals surface area contributed by atoms with Crippen LogP contribution in [0.4, 0.5) is 10.8 Å². The summed E-state index contributed by atoms with van der Waals surface area (Å²) in [6.07, 6.45) is 0. The lowest BCUT2D eigenvalue weighted by Gasteiger charge is -2.06. The van der Waals surface area contributed by atoms with Crippen molar-refractivity contribution in [2.45, 2.75) is 13.5 Å². The first-order chi connectivity index (χ1) is 10.1. The van der Waals surface area contributed by atoms with Gasteiger partial charge in [-0.3, -0.25) is 10.1 Å². The SMILES string of the molecule is Cc1c(CNc2nc3ccccc3s2)cccc1[N+](=O)[O-]. The summed E-state index contributed by atoms with van der Waals surface area (Å²) in [6, 6.07) is 13.1. The first-order valence-electron chi connectivity index (χ1n) is 6.47. The number of hydrogen-bond acceptors (Lipinski definition) is 5. The fraction of sp³-hybridized carbons (Fsp3) is 0.133. The fourth-order valence-corrected chi connectivity index (χ4v) is 3.04. The molecule has 1 aromatic heterocycles. The van der Waals surface area contributed by atoms with Crippen LogP contribution in [0.5, 0.6) is 0 Å². The van der Waals surface area contributed by atoms with E-state index in [4.69, 9.17) is 0 Å². The van der Waals surface area contributed by atoms with Gasteiger partial charge in [-0.05, 0) is 24.6 Å². The Morgan fingerprint density at radius 3 is 2.81 bits per heavy atom. The summed E-state index contributed by atoms with van der Waals surface area (Å²) in [5.41, 5.74) is 2.71. The molecule has 0 amide bonds. The second-order valence-corrected chi connectivity index (χ2v) is 5.69. The van der Waals surface area contributed by atoms with Gasteiger partial charge >= 0.3 is 0 Å². The Morgan fingerprint density at radius 1 is 1.24 bits per heavy atom. The number of nitrogens with one attached hydrogen (secondary N) is 1. The number of thiazole rings is 1. The Hall–Kier alpha value is -2.47. The smallest absolute Gasteiger partial charge is 0.272 e. The first-order valence-corrected chi connectivity index (χ1v) is 7.29. The van der Waals surface area contributed by atoms with Crippen molar-refractivity contribution in [2.75, 3.05) is 5.32 Å². The molecule has 0 fully saturated rings. The highest BCUT2D eigenvalue weighted by molar-refractivity contribution is 7.22. The summed E-state index contributed by atoms with van der Waals surface area (Å²) in [4.78, 5) is 15.1. The molecule has 0 radical (unpaired) electrons. The van der Waals surface area contributed by atoms with Crippen LogP contribution in [-0.4, -0.2) is 9.91 Å². The molecule has 2 aromatic carbocycles. The molecule has 6 heteroatoms. The van der Waals surface area contributed by atoms with Gasteiger partial charge in [0.1, 0.15) is 0 Å². The van der Waals surface area contributed by atoms with E-state index in [-0.39, 0.29) is 10.6 Å². The van der Waals surface area contributed by atoms with E-state index in [9.17, 15) is 10.1 Å². The van der Waals surface area contributed by atoms with Crippen LogP contribution in [0.25, 0.3) is 10.2 Å². The van der Waals surface area contributed by atoms with Crippen molar-refractivity contribution in [3.63, 3.8) is 0 Å². The Balaban J connectivity index is 1.81. The van der Waals surface area contributed by atoms with Crippen molar-refractivity contribution in [1.82, 2.24) is 4.98 Å². The van der Waals surface area contributed by atoms with Gasteiger partial charge in [0.25, 0.3) is 5.69 Å². The van der Waals surface area contributed by atoms with Gasteiger partial charge in [-0.1, -0.05) is 35.6 Å². The maximum Gasteiger partial charge on any atom is 0.272 e. The second-order valence-electron chi connectivity index (χ2n) is 4.66. The number of nitrogens with zero attached hydrogens (tertiary/aromatic N) is 2. The van der Waals surface area contributed by atoms with Gasteiger partial charge in [0.05, 0.1) is 15.1 Å². The molecule has 0 saturated carbocycles. The zero-order chi connectivity index (χ0) is 14.8. The summed E-state index contributed by atoms with van der Waals surface area (Å²) < 4.78 is 1.12. The third-order valence-corrected chi connectivity index (χ3v) is 4.33. The average molecular weight is 299 g/mol. The third-order valence-electron chi connectivity index (χ3n) is 3.34. The summed E-state index contributed by atoms with van der Waals surface area (Å²) in [5.74, 6) is 0. The molecule has 3 aromatic rings. The Kier molecular flexibility index (Phi) is 3.53. The molecule has 0 aliphatic rings. The summed E-state index contributed by atoms with van der Waals surface area (Å²) in [7, 11) is 0. The zero-order valence-corrected chi connectivity index (χ0v) is 12.2. The lowest BCUT2D eigenvalue weighted by Crippen LogP contribution is -2.03. The van der Waals surface area contributed by atoms with Crippen LogP contribution in [0.1, 0.15) is 11.1 Å². The van der Waals surface area contributed by atoms with Gasteiger partial charge in [-0.25, -0.2) is 4.98 Å². The molecule has 21 heavy (non-hydrogen) atoms. The molecular weight excluding hydrogens is 286 g/mol. The normalized spacial score (nSPS) is 10.7. The standard InChI is InChI=1S/C15H13N3O2S/c1-10-11(5-4-7-13(10)18(19)20)9-16-15-17-12-6-2-3-8-14(12)21-15/h2-8H,9H2,1H3,(H,16,17). The molecular formula is C15H13N3O2S. The molecule has 0 spiro atoms. The Bertz CT molecular complexity index is 781. The predicted octanol–water partition coefficient (Wildman–Crippen LogP) is 4.13. The minimum atomic E-state index is -0.351. The predicted molar refractivity (Wildman–Crippen MR) is 84.8 cm³/mol. The van der Waals surface area contributed by atoms with E-state index in [1.807, 2.05) is 30.3 Å². The molecule has 0 saturated heterocycles. The van der Waals surface area contributed by atoms with Crippen LogP contribution in [0.3, 0.4) is 0 Å². The lowest BCUT2D eigenvalue weighted by molar-refractivity contribution is -0.385. The number of fused-ring (bicyclic) bond motifs is 1. The molecule has 0 bridgehead atoms. The molecule has 5 nitrogen and oxygen atoms in total. The van der Waals surface area contributed by atoms with E-state index in [1.54, 1.807) is 24.3 Å². The minimum absolute atomic E-state index is 0.151. The van der Waals surface area contributed by atoms with Gasteiger partial charge in [0.15, 0.2) is 5.13 Å². The first kappa shape index (κ1) is 13.5. The van der Waals surface area contributed by atoms with Crippen LogP contribution in [0.15, 0.2) is 42.5 Å². The fourth-order valence-electron chi connectivity index (χ4n) is 2.18. The van der Waals surface area contributed by atoms with Crippen LogP contribution in [0, 0.1) is 17.0 Å². The van der Waals surface area contributed by atoms with Crippen LogP contribution < -0.4 is 5.32 Å². The number of nitro benzene ring substituents is 1. The van der Waals surface area contributed by atoms with Gasteiger partial charge < -0.3 is 5.32 Å². The van der Waals surface area contributed by atoms with Crippen LogP contribution >= 0.6 is 11.3 Å². The van der Waals surface area contributed by atoms with Crippen molar-refractivity contribution in [1.29, 1.82) is 0 Å². The van der Waals surface area contributed by atoms with Gasteiger partial charge in [0.2, 0.25) is 0 Å². The quantitative estimate of drug-likeness (QED) is 0.581. The largest absolute Gasteiger partial charge is 0.357 e. The number of rotatable bonds is 4. The van der Waals surface area contributed by atoms with Gasteiger partial charge in [-0.2, -0.15) is 0 Å². The maximum atomic E-state index is 10.9. The molecule has 0 aliphatic carbocycles. The van der Waals surface area contributed by atoms with Crippen molar-refractivity contribution >= 4 is 32.4 Å². The highest BCUT2D eigenvalue weighted by atomic mass is 32.1. The van der Waals surface area contributed by atoms with E-state index < -0.39 is 0 Å². The van der Waals surface area contributed by atoms with Gasteiger partial charge in [-0.15, -0.1) is 0 Å². The number of hydrogen-bond donors (Lipinski definition) is 1. The van der Waals surface area contributed by atoms with Crippen molar-refractivity contribution in [2.24, 2.45) is 0 Å².